The molecule has 1 N–H and O–H groups in total. The molecule has 0 spiro atoms. The standard InChI is InChI=1S/C15H13F4NS/c1-9(13-7-2-10(16)8-14(13)17)20-11-3-5-12(6-4-11)21-15(18)19/h2-9,15,20H,1H3. The molecule has 1 unspecified atom stereocenters. The summed E-state index contributed by atoms with van der Waals surface area (Å²) in [6.45, 7) is 1.73. The van der Waals surface area contributed by atoms with Gasteiger partial charge in [-0.3, -0.25) is 0 Å². The number of benzene rings is 2. The summed E-state index contributed by atoms with van der Waals surface area (Å²) in [4.78, 5) is 0.455. The number of alkyl halides is 2. The van der Waals surface area contributed by atoms with Crippen LogP contribution >= 0.6 is 11.8 Å². The van der Waals surface area contributed by atoms with Crippen LogP contribution in [0.3, 0.4) is 0 Å². The summed E-state index contributed by atoms with van der Waals surface area (Å²) in [7, 11) is 0. The van der Waals surface area contributed by atoms with E-state index >= 15 is 0 Å². The SMILES string of the molecule is CC(Nc1ccc(SC(F)F)cc1)c1ccc(F)cc1F. The van der Waals surface area contributed by atoms with Crippen molar-refractivity contribution in [2.75, 3.05) is 5.32 Å². The van der Waals surface area contributed by atoms with Crippen LogP contribution in [0.2, 0.25) is 0 Å². The van der Waals surface area contributed by atoms with Gasteiger partial charge in [0.1, 0.15) is 11.6 Å². The van der Waals surface area contributed by atoms with Crippen molar-refractivity contribution in [1.82, 2.24) is 0 Å². The first-order valence-electron chi connectivity index (χ1n) is 6.22. The average Bonchev–Trinajstić information content (AvgIpc) is 2.40. The van der Waals surface area contributed by atoms with E-state index in [0.29, 0.717) is 27.9 Å². The zero-order chi connectivity index (χ0) is 15.4. The molecule has 0 saturated carbocycles. The van der Waals surface area contributed by atoms with Crippen molar-refractivity contribution in [1.29, 1.82) is 0 Å². The van der Waals surface area contributed by atoms with Gasteiger partial charge < -0.3 is 5.32 Å². The van der Waals surface area contributed by atoms with Gasteiger partial charge >= 0.3 is 0 Å². The topological polar surface area (TPSA) is 12.0 Å². The van der Waals surface area contributed by atoms with Gasteiger partial charge in [0.05, 0.1) is 6.04 Å². The Balaban J connectivity index is 2.06. The van der Waals surface area contributed by atoms with E-state index in [2.05, 4.69) is 5.32 Å². The molecule has 2 rings (SSSR count). The van der Waals surface area contributed by atoms with Crippen LogP contribution in [0.4, 0.5) is 23.2 Å². The molecule has 1 atom stereocenters. The Hall–Kier alpha value is -1.69. The third kappa shape index (κ3) is 4.39. The van der Waals surface area contributed by atoms with E-state index in [4.69, 9.17) is 0 Å². The fourth-order valence-electron chi connectivity index (χ4n) is 1.91. The van der Waals surface area contributed by atoms with Crippen LogP contribution in [0.25, 0.3) is 0 Å². The molecular weight excluding hydrogens is 302 g/mol. The monoisotopic (exact) mass is 315 g/mol. The molecule has 0 aliphatic carbocycles. The lowest BCUT2D eigenvalue weighted by molar-refractivity contribution is 0.252. The normalized spacial score (nSPS) is 12.5. The van der Waals surface area contributed by atoms with E-state index in [1.807, 2.05) is 0 Å². The summed E-state index contributed by atoms with van der Waals surface area (Å²) in [6, 6.07) is 9.43. The number of hydrogen-bond acceptors (Lipinski definition) is 2. The number of hydrogen-bond donors (Lipinski definition) is 1. The van der Waals surface area contributed by atoms with E-state index in [-0.39, 0.29) is 6.04 Å². The third-order valence-corrected chi connectivity index (χ3v) is 3.61. The van der Waals surface area contributed by atoms with Gasteiger partial charge in [0, 0.05) is 22.2 Å². The van der Waals surface area contributed by atoms with E-state index < -0.39 is 17.4 Å². The maximum Gasteiger partial charge on any atom is 0.288 e. The maximum absolute atomic E-state index is 13.6. The Labute approximate surface area is 124 Å². The molecule has 0 aliphatic heterocycles. The molecule has 0 aliphatic rings. The van der Waals surface area contributed by atoms with Gasteiger partial charge in [0.2, 0.25) is 0 Å². The van der Waals surface area contributed by atoms with Crippen molar-refractivity contribution in [3.05, 3.63) is 59.7 Å². The second kappa shape index (κ2) is 6.85. The van der Waals surface area contributed by atoms with Crippen molar-refractivity contribution >= 4 is 17.4 Å². The van der Waals surface area contributed by atoms with E-state index in [1.165, 1.54) is 12.1 Å². The predicted octanol–water partition coefficient (Wildman–Crippen LogP) is 5.45. The summed E-state index contributed by atoms with van der Waals surface area (Å²) in [5.41, 5.74) is 1.01. The number of nitrogens with one attached hydrogen (secondary N) is 1. The molecule has 1 nitrogen and oxygen atoms in total. The van der Waals surface area contributed by atoms with Gasteiger partial charge in [-0.1, -0.05) is 17.8 Å². The Morgan fingerprint density at radius 2 is 1.67 bits per heavy atom. The van der Waals surface area contributed by atoms with Gasteiger partial charge in [0.25, 0.3) is 5.76 Å². The summed E-state index contributed by atoms with van der Waals surface area (Å²) in [5, 5.41) is 3.04. The van der Waals surface area contributed by atoms with Crippen molar-refractivity contribution in [2.45, 2.75) is 23.6 Å². The summed E-state index contributed by atoms with van der Waals surface area (Å²) in [5.74, 6) is -3.72. The Kier molecular flexibility index (Phi) is 5.12. The molecule has 6 heteroatoms. The molecule has 0 saturated heterocycles. The predicted molar refractivity (Wildman–Crippen MR) is 76.7 cm³/mol. The molecule has 0 aromatic heterocycles. The number of halogens is 4. The average molecular weight is 315 g/mol. The molecule has 2 aromatic rings. The smallest absolute Gasteiger partial charge is 0.288 e. The summed E-state index contributed by atoms with van der Waals surface area (Å²) in [6.07, 6.45) is 0. The molecule has 0 heterocycles. The minimum atomic E-state index is -2.46. The Bertz CT molecular complexity index is 601. The van der Waals surface area contributed by atoms with Crippen LogP contribution in [-0.4, -0.2) is 5.76 Å². The van der Waals surface area contributed by atoms with Crippen LogP contribution in [0.1, 0.15) is 18.5 Å². The lowest BCUT2D eigenvalue weighted by atomic mass is 10.1. The van der Waals surface area contributed by atoms with Gasteiger partial charge in [-0.05, 0) is 37.3 Å². The first-order chi connectivity index (χ1) is 9.95. The number of thioether (sulfide) groups is 1. The highest BCUT2D eigenvalue weighted by Crippen LogP contribution is 2.28. The van der Waals surface area contributed by atoms with Gasteiger partial charge in [-0.2, -0.15) is 8.78 Å². The Morgan fingerprint density at radius 1 is 1.00 bits per heavy atom. The van der Waals surface area contributed by atoms with Crippen LogP contribution in [0.5, 0.6) is 0 Å². The van der Waals surface area contributed by atoms with Crippen LogP contribution in [0, 0.1) is 11.6 Å². The van der Waals surface area contributed by atoms with Gasteiger partial charge in [0.15, 0.2) is 0 Å². The van der Waals surface area contributed by atoms with E-state index in [1.54, 1.807) is 31.2 Å². The van der Waals surface area contributed by atoms with Crippen molar-refractivity contribution in [2.24, 2.45) is 0 Å². The van der Waals surface area contributed by atoms with Crippen LogP contribution in [0.15, 0.2) is 47.4 Å². The molecule has 21 heavy (non-hydrogen) atoms. The van der Waals surface area contributed by atoms with E-state index in [0.717, 1.165) is 6.07 Å². The fourth-order valence-corrected chi connectivity index (χ4v) is 2.41. The quantitative estimate of drug-likeness (QED) is 0.581. The number of anilines is 1. The molecule has 0 bridgehead atoms. The molecule has 0 amide bonds. The van der Waals surface area contributed by atoms with Gasteiger partial charge in [-0.25, -0.2) is 8.78 Å². The molecular formula is C15H13F4NS. The first-order valence-corrected chi connectivity index (χ1v) is 7.10. The minimum Gasteiger partial charge on any atom is -0.378 e. The zero-order valence-corrected chi connectivity index (χ0v) is 11.9. The minimum absolute atomic E-state index is 0.336. The maximum atomic E-state index is 13.6. The van der Waals surface area contributed by atoms with Crippen molar-refractivity contribution < 1.29 is 17.6 Å². The molecule has 112 valence electrons. The van der Waals surface area contributed by atoms with Crippen molar-refractivity contribution in [3.63, 3.8) is 0 Å². The summed E-state index contributed by atoms with van der Waals surface area (Å²) >= 11 is 0.464. The molecule has 0 radical (unpaired) electrons. The summed E-state index contributed by atoms with van der Waals surface area (Å²) < 4.78 is 50.9. The lowest BCUT2D eigenvalue weighted by Gasteiger charge is -2.16. The van der Waals surface area contributed by atoms with E-state index in [9.17, 15) is 17.6 Å². The molecule has 0 fully saturated rings. The van der Waals surface area contributed by atoms with Crippen molar-refractivity contribution in [3.8, 4) is 0 Å². The number of rotatable bonds is 5. The zero-order valence-electron chi connectivity index (χ0n) is 11.1. The highest BCUT2D eigenvalue weighted by Gasteiger charge is 2.12. The second-order valence-electron chi connectivity index (χ2n) is 4.43. The second-order valence-corrected chi connectivity index (χ2v) is 5.50. The van der Waals surface area contributed by atoms with Crippen LogP contribution in [-0.2, 0) is 0 Å². The lowest BCUT2D eigenvalue weighted by Crippen LogP contribution is -2.08. The first kappa shape index (κ1) is 15.7. The largest absolute Gasteiger partial charge is 0.378 e. The Morgan fingerprint density at radius 3 is 2.24 bits per heavy atom. The highest BCUT2D eigenvalue weighted by atomic mass is 32.2. The third-order valence-electron chi connectivity index (χ3n) is 2.89. The van der Waals surface area contributed by atoms with Gasteiger partial charge in [-0.15, -0.1) is 0 Å². The fraction of sp³-hybridized carbons (Fsp3) is 0.200. The molecule has 2 aromatic carbocycles. The highest BCUT2D eigenvalue weighted by molar-refractivity contribution is 7.99. The van der Waals surface area contributed by atoms with Crippen LogP contribution < -0.4 is 5.32 Å².